The molecule has 1 aromatic carbocycles. The average molecular weight is 388 g/mol. The van der Waals surface area contributed by atoms with Crippen molar-refractivity contribution in [2.24, 2.45) is 0 Å². The van der Waals surface area contributed by atoms with Gasteiger partial charge in [-0.15, -0.1) is 0 Å². The highest BCUT2D eigenvalue weighted by atomic mass is 16.5. The van der Waals surface area contributed by atoms with Crippen LogP contribution in [0.3, 0.4) is 0 Å². The fourth-order valence-electron chi connectivity index (χ4n) is 3.15. The van der Waals surface area contributed by atoms with Crippen molar-refractivity contribution in [3.05, 3.63) is 48.3 Å². The number of aliphatic hydroxyl groups is 2. The highest BCUT2D eigenvalue weighted by Gasteiger charge is 2.36. The van der Waals surface area contributed by atoms with Crippen molar-refractivity contribution < 1.29 is 19.7 Å². The van der Waals surface area contributed by atoms with Crippen LogP contribution in [0.2, 0.25) is 0 Å². The third-order valence-electron chi connectivity index (χ3n) is 4.61. The van der Waals surface area contributed by atoms with Crippen molar-refractivity contribution in [2.45, 2.75) is 18.6 Å². The monoisotopic (exact) mass is 388 g/mol. The molecule has 3 N–H and O–H groups in total. The molecule has 3 rings (SSSR count). The van der Waals surface area contributed by atoms with Gasteiger partial charge < -0.3 is 29.9 Å². The predicted octanol–water partition coefficient (Wildman–Crippen LogP) is 0.595. The maximum absolute atomic E-state index is 10.8. The summed E-state index contributed by atoms with van der Waals surface area (Å²) in [7, 11) is 0. The second-order valence-corrected chi connectivity index (χ2v) is 6.88. The van der Waals surface area contributed by atoms with Crippen molar-refractivity contribution in [2.75, 3.05) is 51.0 Å². The summed E-state index contributed by atoms with van der Waals surface area (Å²) in [6.45, 7) is 3.71. The molecule has 1 aromatic heterocycles. The van der Waals surface area contributed by atoms with Gasteiger partial charge in [0.25, 0.3) is 0 Å². The van der Waals surface area contributed by atoms with Crippen LogP contribution in [-0.2, 0) is 11.3 Å². The van der Waals surface area contributed by atoms with Crippen LogP contribution in [0.5, 0.6) is 5.75 Å². The summed E-state index contributed by atoms with van der Waals surface area (Å²) in [5.74, 6) is 1.44. The molecule has 0 spiro atoms. The molecule has 8 nitrogen and oxygen atoms in total. The molecule has 1 saturated heterocycles. The smallest absolute Gasteiger partial charge is 0.225 e. The number of β-amino-alcohol motifs (C(OH)–C–C–N with tert-alkyl or cyclic N) is 1. The summed E-state index contributed by atoms with van der Waals surface area (Å²) in [6.07, 6.45) is 4.12. The van der Waals surface area contributed by atoms with E-state index in [0.717, 1.165) is 17.9 Å². The largest absolute Gasteiger partial charge is 0.491 e. The van der Waals surface area contributed by atoms with Gasteiger partial charge in [0, 0.05) is 32.0 Å². The number of benzene rings is 1. The van der Waals surface area contributed by atoms with E-state index < -0.39 is 5.60 Å². The van der Waals surface area contributed by atoms with Crippen molar-refractivity contribution in [3.63, 3.8) is 0 Å². The third kappa shape index (κ3) is 6.13. The van der Waals surface area contributed by atoms with E-state index in [1.165, 1.54) is 0 Å². The number of ether oxygens (including phenoxy) is 2. The number of hydrogen-bond donors (Lipinski definition) is 3. The fraction of sp³-hybridized carbons (Fsp3) is 0.500. The Bertz CT molecular complexity index is 701. The Morgan fingerprint density at radius 3 is 2.64 bits per heavy atom. The van der Waals surface area contributed by atoms with Crippen LogP contribution in [0.4, 0.5) is 5.95 Å². The van der Waals surface area contributed by atoms with Crippen LogP contribution in [0.25, 0.3) is 0 Å². The summed E-state index contributed by atoms with van der Waals surface area (Å²) >= 11 is 0. The van der Waals surface area contributed by atoms with Crippen LogP contribution >= 0.6 is 0 Å². The molecule has 0 amide bonds. The standard InChI is InChI=1S/C20H28N4O4/c25-10-11-27-12-13-28-18-4-2-17(3-5-18)14-21-15-20(26)6-9-24(16-20)19-22-7-1-8-23-19/h1-5,7-8,21,25-26H,6,9-16H2/t20-/m0/s1. The molecule has 1 atom stereocenters. The molecule has 0 saturated carbocycles. The van der Waals surface area contributed by atoms with E-state index in [4.69, 9.17) is 14.6 Å². The number of nitrogens with zero attached hydrogens (tertiary/aromatic N) is 3. The molecule has 0 radical (unpaired) electrons. The van der Waals surface area contributed by atoms with E-state index >= 15 is 0 Å². The van der Waals surface area contributed by atoms with Crippen LogP contribution < -0.4 is 15.0 Å². The minimum atomic E-state index is -0.781. The molecular formula is C20H28N4O4. The normalized spacial score (nSPS) is 19.1. The molecule has 0 unspecified atom stereocenters. The van der Waals surface area contributed by atoms with Crippen LogP contribution in [0, 0.1) is 0 Å². The number of anilines is 1. The lowest BCUT2D eigenvalue weighted by Crippen LogP contribution is -2.43. The molecule has 0 bridgehead atoms. The highest BCUT2D eigenvalue weighted by Crippen LogP contribution is 2.23. The Kier molecular flexibility index (Phi) is 7.55. The Labute approximate surface area is 165 Å². The Balaban J connectivity index is 1.38. The first kappa shape index (κ1) is 20.5. The second kappa shape index (κ2) is 10.3. The van der Waals surface area contributed by atoms with Crippen LogP contribution in [0.1, 0.15) is 12.0 Å². The highest BCUT2D eigenvalue weighted by molar-refractivity contribution is 5.32. The Morgan fingerprint density at radius 2 is 1.89 bits per heavy atom. The van der Waals surface area contributed by atoms with E-state index in [-0.39, 0.29) is 6.61 Å². The SMILES string of the molecule is OCCOCCOc1ccc(CNC[C@@]2(O)CCN(c3ncccn3)C2)cc1. The zero-order valence-corrected chi connectivity index (χ0v) is 16.0. The van der Waals surface area contributed by atoms with Gasteiger partial charge in [-0.25, -0.2) is 9.97 Å². The molecule has 0 aliphatic carbocycles. The lowest BCUT2D eigenvalue weighted by Gasteiger charge is -2.24. The van der Waals surface area contributed by atoms with E-state index in [1.54, 1.807) is 18.5 Å². The van der Waals surface area contributed by atoms with Gasteiger partial charge in [-0.05, 0) is 30.2 Å². The molecule has 1 aliphatic heterocycles. The number of aromatic nitrogens is 2. The molecule has 2 aromatic rings. The first-order chi connectivity index (χ1) is 13.7. The van der Waals surface area contributed by atoms with E-state index in [2.05, 4.69) is 15.3 Å². The molecule has 2 heterocycles. The summed E-state index contributed by atoms with van der Waals surface area (Å²) in [6, 6.07) is 9.62. The van der Waals surface area contributed by atoms with Gasteiger partial charge in [0.05, 0.1) is 32.0 Å². The van der Waals surface area contributed by atoms with Crippen molar-refractivity contribution in [1.29, 1.82) is 0 Å². The molecule has 8 heteroatoms. The van der Waals surface area contributed by atoms with Gasteiger partial charge in [0.1, 0.15) is 12.4 Å². The summed E-state index contributed by atoms with van der Waals surface area (Å²) in [5, 5.41) is 22.8. The number of nitrogens with one attached hydrogen (secondary N) is 1. The minimum absolute atomic E-state index is 0.0227. The maximum atomic E-state index is 10.8. The van der Waals surface area contributed by atoms with Gasteiger partial charge in [-0.3, -0.25) is 0 Å². The average Bonchev–Trinajstić information content (AvgIpc) is 3.12. The number of aliphatic hydroxyl groups excluding tert-OH is 1. The summed E-state index contributed by atoms with van der Waals surface area (Å²) < 4.78 is 10.7. The van der Waals surface area contributed by atoms with Gasteiger partial charge in [-0.1, -0.05) is 12.1 Å². The van der Waals surface area contributed by atoms with E-state index in [0.29, 0.717) is 51.8 Å². The van der Waals surface area contributed by atoms with Gasteiger partial charge >= 0.3 is 0 Å². The third-order valence-corrected chi connectivity index (χ3v) is 4.61. The van der Waals surface area contributed by atoms with Gasteiger partial charge in [-0.2, -0.15) is 0 Å². The number of hydrogen-bond acceptors (Lipinski definition) is 8. The van der Waals surface area contributed by atoms with Crippen molar-refractivity contribution >= 4 is 5.95 Å². The maximum Gasteiger partial charge on any atom is 0.225 e. The zero-order valence-electron chi connectivity index (χ0n) is 16.0. The van der Waals surface area contributed by atoms with Crippen LogP contribution in [-0.4, -0.2) is 71.8 Å². The molecule has 1 fully saturated rings. The lowest BCUT2D eigenvalue weighted by atomic mass is 10.0. The molecule has 152 valence electrons. The zero-order chi connectivity index (χ0) is 19.7. The predicted molar refractivity (Wildman–Crippen MR) is 105 cm³/mol. The van der Waals surface area contributed by atoms with Gasteiger partial charge in [0.2, 0.25) is 5.95 Å². The van der Waals surface area contributed by atoms with Crippen LogP contribution in [0.15, 0.2) is 42.7 Å². The molecule has 28 heavy (non-hydrogen) atoms. The summed E-state index contributed by atoms with van der Waals surface area (Å²) in [4.78, 5) is 10.5. The van der Waals surface area contributed by atoms with Crippen molar-refractivity contribution in [3.8, 4) is 5.75 Å². The van der Waals surface area contributed by atoms with E-state index in [9.17, 15) is 5.11 Å². The molecular weight excluding hydrogens is 360 g/mol. The Morgan fingerprint density at radius 1 is 1.11 bits per heavy atom. The van der Waals surface area contributed by atoms with E-state index in [1.807, 2.05) is 29.2 Å². The number of rotatable bonds is 11. The fourth-order valence-corrected chi connectivity index (χ4v) is 3.15. The summed E-state index contributed by atoms with van der Waals surface area (Å²) in [5.41, 5.74) is 0.338. The van der Waals surface area contributed by atoms with Crippen molar-refractivity contribution in [1.82, 2.24) is 15.3 Å². The second-order valence-electron chi connectivity index (χ2n) is 6.88. The first-order valence-corrected chi connectivity index (χ1v) is 9.54. The first-order valence-electron chi connectivity index (χ1n) is 9.54. The quantitative estimate of drug-likeness (QED) is 0.481. The Hall–Kier alpha value is -2.26. The lowest BCUT2D eigenvalue weighted by molar-refractivity contribution is 0.0626. The topological polar surface area (TPSA) is 100.0 Å². The van der Waals surface area contributed by atoms with Gasteiger partial charge in [0.15, 0.2) is 0 Å². The molecule has 1 aliphatic rings. The minimum Gasteiger partial charge on any atom is -0.491 e.